The van der Waals surface area contributed by atoms with Crippen LogP contribution in [0.25, 0.3) is 0 Å². The Morgan fingerprint density at radius 3 is 2.45 bits per heavy atom. The molecule has 29 heavy (non-hydrogen) atoms. The summed E-state index contributed by atoms with van der Waals surface area (Å²) in [5, 5.41) is 5.87. The van der Waals surface area contributed by atoms with Crippen LogP contribution in [0.1, 0.15) is 43.7 Å². The molecule has 154 valence electrons. The van der Waals surface area contributed by atoms with E-state index in [1.54, 1.807) is 17.0 Å². The van der Waals surface area contributed by atoms with Gasteiger partial charge in [0.05, 0.1) is 0 Å². The number of benzene rings is 2. The van der Waals surface area contributed by atoms with Crippen molar-refractivity contribution in [3.63, 3.8) is 0 Å². The van der Waals surface area contributed by atoms with E-state index < -0.39 is 0 Å². The van der Waals surface area contributed by atoms with Crippen molar-refractivity contribution in [2.45, 2.75) is 39.2 Å². The minimum atomic E-state index is -0.290. The summed E-state index contributed by atoms with van der Waals surface area (Å²) in [5.41, 5.74) is 2.83. The lowest BCUT2D eigenvalue weighted by atomic mass is 9.96. The second-order valence-corrected chi connectivity index (χ2v) is 7.82. The molecular formula is C23H28FN3O2. The summed E-state index contributed by atoms with van der Waals surface area (Å²) in [4.78, 5) is 26.7. The van der Waals surface area contributed by atoms with Gasteiger partial charge in [-0.15, -0.1) is 0 Å². The van der Waals surface area contributed by atoms with Crippen LogP contribution in [0.15, 0.2) is 48.5 Å². The van der Waals surface area contributed by atoms with Crippen LogP contribution in [0.5, 0.6) is 0 Å². The van der Waals surface area contributed by atoms with E-state index in [1.807, 2.05) is 18.2 Å². The minimum Gasteiger partial charge on any atom is -0.352 e. The topological polar surface area (TPSA) is 61.4 Å². The summed E-state index contributed by atoms with van der Waals surface area (Å²) in [6.07, 6.45) is 1.27. The number of rotatable bonds is 5. The monoisotopic (exact) mass is 397 g/mol. The van der Waals surface area contributed by atoms with Gasteiger partial charge in [0.1, 0.15) is 5.82 Å². The smallest absolute Gasteiger partial charge is 0.321 e. The molecule has 0 unspecified atom stereocenters. The predicted octanol–water partition coefficient (Wildman–Crippen LogP) is 4.51. The van der Waals surface area contributed by atoms with Gasteiger partial charge in [-0.1, -0.05) is 38.1 Å². The van der Waals surface area contributed by atoms with Crippen LogP contribution < -0.4 is 10.6 Å². The molecule has 2 N–H and O–H groups in total. The van der Waals surface area contributed by atoms with E-state index in [4.69, 9.17) is 0 Å². The first-order chi connectivity index (χ1) is 13.9. The zero-order valence-corrected chi connectivity index (χ0v) is 17.0. The number of anilines is 1. The van der Waals surface area contributed by atoms with E-state index in [0.717, 1.165) is 11.3 Å². The highest BCUT2D eigenvalue weighted by Gasteiger charge is 2.27. The fourth-order valence-electron chi connectivity index (χ4n) is 3.46. The average molecular weight is 397 g/mol. The van der Waals surface area contributed by atoms with Crippen molar-refractivity contribution in [1.82, 2.24) is 10.2 Å². The molecule has 0 spiro atoms. The Kier molecular flexibility index (Phi) is 6.86. The molecule has 0 aliphatic carbocycles. The van der Waals surface area contributed by atoms with Gasteiger partial charge in [-0.2, -0.15) is 0 Å². The third-order valence-electron chi connectivity index (χ3n) is 5.34. The number of hydrogen-bond acceptors (Lipinski definition) is 2. The third kappa shape index (κ3) is 5.79. The Morgan fingerprint density at radius 1 is 1.10 bits per heavy atom. The van der Waals surface area contributed by atoms with Crippen molar-refractivity contribution >= 4 is 17.6 Å². The standard InChI is InChI=1S/C23H28FN3O2/c1-16(2)19-4-3-5-21(14-19)26-23(29)27-12-10-18(11-13-27)22(28)25-15-17-6-8-20(24)9-7-17/h3-9,14,16,18H,10-13,15H2,1-2H3,(H,25,28)(H,26,29). The average Bonchev–Trinajstić information content (AvgIpc) is 2.73. The van der Waals surface area contributed by atoms with E-state index in [1.165, 1.54) is 17.7 Å². The summed E-state index contributed by atoms with van der Waals surface area (Å²) in [7, 11) is 0. The Hall–Kier alpha value is -2.89. The van der Waals surface area contributed by atoms with Crippen molar-refractivity contribution < 1.29 is 14.0 Å². The van der Waals surface area contributed by atoms with Crippen molar-refractivity contribution in [1.29, 1.82) is 0 Å². The first kappa shape index (κ1) is 20.8. The van der Waals surface area contributed by atoms with Gasteiger partial charge in [-0.25, -0.2) is 9.18 Å². The molecule has 1 aliphatic rings. The summed E-state index contributed by atoms with van der Waals surface area (Å²) in [5.74, 6) is -0.0135. The Balaban J connectivity index is 1.45. The molecule has 3 amide bonds. The maximum atomic E-state index is 12.9. The molecule has 1 saturated heterocycles. The largest absolute Gasteiger partial charge is 0.352 e. The van der Waals surface area contributed by atoms with Crippen LogP contribution in [-0.4, -0.2) is 29.9 Å². The molecule has 1 aliphatic heterocycles. The van der Waals surface area contributed by atoms with E-state index in [0.29, 0.717) is 38.4 Å². The number of nitrogens with zero attached hydrogens (tertiary/aromatic N) is 1. The van der Waals surface area contributed by atoms with Crippen LogP contribution in [-0.2, 0) is 11.3 Å². The molecule has 0 aromatic heterocycles. The van der Waals surface area contributed by atoms with Crippen LogP contribution >= 0.6 is 0 Å². The lowest BCUT2D eigenvalue weighted by Crippen LogP contribution is -2.44. The number of hydrogen-bond donors (Lipinski definition) is 2. The van der Waals surface area contributed by atoms with E-state index in [2.05, 4.69) is 30.5 Å². The van der Waals surface area contributed by atoms with Crippen molar-refractivity contribution in [3.8, 4) is 0 Å². The molecule has 1 heterocycles. The zero-order chi connectivity index (χ0) is 20.8. The zero-order valence-electron chi connectivity index (χ0n) is 17.0. The van der Waals surface area contributed by atoms with Crippen molar-refractivity contribution in [3.05, 3.63) is 65.5 Å². The molecule has 3 rings (SSSR count). The SMILES string of the molecule is CC(C)c1cccc(NC(=O)N2CCC(C(=O)NCc3ccc(F)cc3)CC2)c1. The lowest BCUT2D eigenvalue weighted by Gasteiger charge is -2.31. The van der Waals surface area contributed by atoms with Crippen LogP contribution in [0, 0.1) is 11.7 Å². The fraction of sp³-hybridized carbons (Fsp3) is 0.391. The number of carbonyl (C=O) groups excluding carboxylic acids is 2. The summed E-state index contributed by atoms with van der Waals surface area (Å²) < 4.78 is 12.9. The highest BCUT2D eigenvalue weighted by Crippen LogP contribution is 2.21. The van der Waals surface area contributed by atoms with Gasteiger partial charge in [-0.3, -0.25) is 4.79 Å². The number of likely N-dealkylation sites (tertiary alicyclic amines) is 1. The lowest BCUT2D eigenvalue weighted by molar-refractivity contribution is -0.126. The number of halogens is 1. The number of amides is 3. The quantitative estimate of drug-likeness (QED) is 0.780. The van der Waals surface area contributed by atoms with Gasteiger partial charge in [0.2, 0.25) is 5.91 Å². The second kappa shape index (κ2) is 9.54. The van der Waals surface area contributed by atoms with Crippen molar-refractivity contribution in [2.75, 3.05) is 18.4 Å². The molecule has 6 heteroatoms. The second-order valence-electron chi connectivity index (χ2n) is 7.82. The third-order valence-corrected chi connectivity index (χ3v) is 5.34. The molecule has 2 aromatic carbocycles. The molecule has 0 saturated carbocycles. The van der Waals surface area contributed by atoms with E-state index in [9.17, 15) is 14.0 Å². The minimum absolute atomic E-state index is 0.0148. The van der Waals surface area contributed by atoms with Crippen molar-refractivity contribution in [2.24, 2.45) is 5.92 Å². The van der Waals surface area contributed by atoms with Crippen LogP contribution in [0.3, 0.4) is 0 Å². The molecule has 0 atom stereocenters. The fourth-order valence-corrected chi connectivity index (χ4v) is 3.46. The van der Waals surface area contributed by atoms with Gasteiger partial charge in [0.15, 0.2) is 0 Å². The Morgan fingerprint density at radius 2 is 1.79 bits per heavy atom. The van der Waals surface area contributed by atoms with E-state index >= 15 is 0 Å². The Bertz CT molecular complexity index is 843. The maximum Gasteiger partial charge on any atom is 0.321 e. The summed E-state index contributed by atoms with van der Waals surface area (Å²) in [6, 6.07) is 13.9. The predicted molar refractivity (Wildman–Crippen MR) is 112 cm³/mol. The molecule has 2 aromatic rings. The van der Waals surface area contributed by atoms with Crippen LogP contribution in [0.4, 0.5) is 14.9 Å². The molecule has 0 radical (unpaired) electrons. The molecule has 5 nitrogen and oxygen atoms in total. The molecule has 0 bridgehead atoms. The van der Waals surface area contributed by atoms with Gasteiger partial charge in [-0.05, 0) is 54.2 Å². The van der Waals surface area contributed by atoms with Gasteiger partial charge < -0.3 is 15.5 Å². The number of carbonyl (C=O) groups is 2. The summed E-state index contributed by atoms with van der Waals surface area (Å²) in [6.45, 7) is 5.71. The van der Waals surface area contributed by atoms with Gasteiger partial charge >= 0.3 is 6.03 Å². The number of piperidine rings is 1. The molecule has 1 fully saturated rings. The summed E-state index contributed by atoms with van der Waals surface area (Å²) >= 11 is 0. The Labute approximate surface area is 171 Å². The normalized spacial score (nSPS) is 14.7. The van der Waals surface area contributed by atoms with E-state index in [-0.39, 0.29) is 23.7 Å². The highest BCUT2D eigenvalue weighted by molar-refractivity contribution is 5.89. The molecular weight excluding hydrogens is 369 g/mol. The number of nitrogens with one attached hydrogen (secondary N) is 2. The maximum absolute atomic E-state index is 12.9. The first-order valence-electron chi connectivity index (χ1n) is 10.1. The highest BCUT2D eigenvalue weighted by atomic mass is 19.1. The number of urea groups is 1. The first-order valence-corrected chi connectivity index (χ1v) is 10.1. The van der Waals surface area contributed by atoms with Gasteiger partial charge in [0, 0.05) is 31.2 Å². The van der Waals surface area contributed by atoms with Gasteiger partial charge in [0.25, 0.3) is 0 Å². The van der Waals surface area contributed by atoms with Crippen LogP contribution in [0.2, 0.25) is 0 Å².